The smallest absolute Gasteiger partial charge is 0.311 e. The van der Waals surface area contributed by atoms with E-state index in [0.29, 0.717) is 24.3 Å². The molecule has 0 aliphatic carbocycles. The Kier molecular flexibility index (Phi) is 6.20. The summed E-state index contributed by atoms with van der Waals surface area (Å²) in [6, 6.07) is 14.5. The summed E-state index contributed by atoms with van der Waals surface area (Å²) in [6.07, 6.45) is 2.68. The second kappa shape index (κ2) is 8.98. The first-order valence-corrected chi connectivity index (χ1v) is 9.18. The van der Waals surface area contributed by atoms with Gasteiger partial charge < -0.3 is 15.0 Å². The maximum atomic E-state index is 12.2. The van der Waals surface area contributed by atoms with Gasteiger partial charge in [-0.3, -0.25) is 9.59 Å². The van der Waals surface area contributed by atoms with Crippen molar-refractivity contribution in [2.24, 2.45) is 0 Å². The molecule has 0 atom stereocenters. The minimum Gasteiger partial charge on any atom is -0.427 e. The van der Waals surface area contributed by atoms with Gasteiger partial charge in [-0.1, -0.05) is 19.1 Å². The first-order chi connectivity index (χ1) is 13.2. The SMILES string of the molecule is CCCC(=O)Oc1ccc(C(=O)NCCCc2nc3ccccc3[nH]2)cc1. The Morgan fingerprint density at radius 2 is 1.89 bits per heavy atom. The zero-order valence-electron chi connectivity index (χ0n) is 15.3. The van der Waals surface area contributed by atoms with E-state index in [9.17, 15) is 9.59 Å². The Hall–Kier alpha value is -3.15. The van der Waals surface area contributed by atoms with Crippen LogP contribution in [0.25, 0.3) is 11.0 Å². The van der Waals surface area contributed by atoms with Crippen molar-refractivity contribution in [3.63, 3.8) is 0 Å². The van der Waals surface area contributed by atoms with Crippen molar-refractivity contribution >= 4 is 22.9 Å². The van der Waals surface area contributed by atoms with Gasteiger partial charge in [0.2, 0.25) is 0 Å². The minimum atomic E-state index is -0.264. The quantitative estimate of drug-likeness (QED) is 0.363. The lowest BCUT2D eigenvalue weighted by molar-refractivity contribution is -0.134. The van der Waals surface area contributed by atoms with Crippen molar-refractivity contribution in [1.29, 1.82) is 0 Å². The van der Waals surface area contributed by atoms with Gasteiger partial charge in [0, 0.05) is 24.9 Å². The van der Waals surface area contributed by atoms with E-state index in [1.54, 1.807) is 24.3 Å². The third-order valence-corrected chi connectivity index (χ3v) is 4.12. The van der Waals surface area contributed by atoms with Gasteiger partial charge in [-0.15, -0.1) is 0 Å². The largest absolute Gasteiger partial charge is 0.427 e. The van der Waals surface area contributed by atoms with Crippen molar-refractivity contribution in [3.8, 4) is 5.75 Å². The van der Waals surface area contributed by atoms with Crippen molar-refractivity contribution in [1.82, 2.24) is 15.3 Å². The van der Waals surface area contributed by atoms with Crippen LogP contribution >= 0.6 is 0 Å². The summed E-state index contributed by atoms with van der Waals surface area (Å²) >= 11 is 0. The first-order valence-electron chi connectivity index (χ1n) is 9.18. The molecule has 0 bridgehead atoms. The number of para-hydroxylation sites is 2. The molecule has 3 rings (SSSR count). The van der Waals surface area contributed by atoms with E-state index in [0.717, 1.165) is 36.1 Å². The molecular weight excluding hydrogens is 342 g/mol. The van der Waals surface area contributed by atoms with Crippen molar-refractivity contribution in [2.75, 3.05) is 6.54 Å². The van der Waals surface area contributed by atoms with Crippen LogP contribution in [-0.2, 0) is 11.2 Å². The lowest BCUT2D eigenvalue weighted by Gasteiger charge is -2.06. The lowest BCUT2D eigenvalue weighted by atomic mass is 10.2. The second-order valence-electron chi connectivity index (χ2n) is 6.31. The highest BCUT2D eigenvalue weighted by atomic mass is 16.5. The molecule has 6 nitrogen and oxygen atoms in total. The molecule has 3 aromatic rings. The molecule has 1 aromatic heterocycles. The molecule has 2 aromatic carbocycles. The zero-order chi connectivity index (χ0) is 19.1. The number of aromatic amines is 1. The molecule has 0 fully saturated rings. The first kappa shape index (κ1) is 18.6. The molecule has 0 unspecified atom stereocenters. The van der Waals surface area contributed by atoms with Gasteiger partial charge in [0.05, 0.1) is 11.0 Å². The summed E-state index contributed by atoms with van der Waals surface area (Å²) < 4.78 is 5.18. The molecule has 27 heavy (non-hydrogen) atoms. The van der Waals surface area contributed by atoms with Crippen LogP contribution in [0.2, 0.25) is 0 Å². The van der Waals surface area contributed by atoms with Crippen molar-refractivity contribution < 1.29 is 14.3 Å². The normalized spacial score (nSPS) is 10.7. The van der Waals surface area contributed by atoms with Gasteiger partial charge in [0.25, 0.3) is 5.91 Å². The average molecular weight is 365 g/mol. The summed E-state index contributed by atoms with van der Waals surface area (Å²) in [5, 5.41) is 2.90. The number of rotatable bonds is 8. The number of nitrogens with one attached hydrogen (secondary N) is 2. The van der Waals surface area contributed by atoms with E-state index < -0.39 is 0 Å². The Balaban J connectivity index is 1.44. The second-order valence-corrected chi connectivity index (χ2v) is 6.31. The number of aryl methyl sites for hydroxylation is 1. The van der Waals surface area contributed by atoms with E-state index in [-0.39, 0.29) is 11.9 Å². The number of hydrogen-bond acceptors (Lipinski definition) is 4. The fraction of sp³-hybridized carbons (Fsp3) is 0.286. The van der Waals surface area contributed by atoms with Crippen LogP contribution in [0.5, 0.6) is 5.75 Å². The maximum Gasteiger partial charge on any atom is 0.311 e. The molecule has 0 saturated carbocycles. The summed E-state index contributed by atoms with van der Waals surface area (Å²) in [5.41, 5.74) is 2.52. The van der Waals surface area contributed by atoms with Crippen LogP contribution in [0.1, 0.15) is 42.4 Å². The van der Waals surface area contributed by atoms with Crippen LogP contribution in [0.15, 0.2) is 48.5 Å². The van der Waals surface area contributed by atoms with Crippen molar-refractivity contribution in [2.45, 2.75) is 32.6 Å². The van der Waals surface area contributed by atoms with Crippen LogP contribution in [-0.4, -0.2) is 28.4 Å². The molecule has 2 N–H and O–H groups in total. The number of carbonyl (C=O) groups excluding carboxylic acids is 2. The summed E-state index contributed by atoms with van der Waals surface area (Å²) in [7, 11) is 0. The highest BCUT2D eigenvalue weighted by Crippen LogP contribution is 2.14. The molecule has 0 saturated heterocycles. The molecule has 0 aliphatic heterocycles. The predicted molar refractivity (Wildman–Crippen MR) is 104 cm³/mol. The van der Waals surface area contributed by atoms with E-state index >= 15 is 0 Å². The van der Waals surface area contributed by atoms with E-state index in [2.05, 4.69) is 15.3 Å². The predicted octanol–water partition coefficient (Wildman–Crippen LogP) is 3.63. The number of nitrogens with zero attached hydrogens (tertiary/aromatic N) is 1. The third-order valence-electron chi connectivity index (χ3n) is 4.12. The number of amides is 1. The number of H-pyrrole nitrogens is 1. The van der Waals surface area contributed by atoms with Crippen LogP contribution < -0.4 is 10.1 Å². The Morgan fingerprint density at radius 3 is 2.63 bits per heavy atom. The third kappa shape index (κ3) is 5.17. The van der Waals surface area contributed by atoms with E-state index in [1.807, 2.05) is 31.2 Å². The van der Waals surface area contributed by atoms with Crippen LogP contribution in [0.4, 0.5) is 0 Å². The van der Waals surface area contributed by atoms with Gasteiger partial charge in [0.1, 0.15) is 11.6 Å². The molecule has 0 spiro atoms. The number of fused-ring (bicyclic) bond motifs is 1. The molecular formula is C21H23N3O3. The molecule has 0 aliphatic rings. The van der Waals surface area contributed by atoms with Crippen LogP contribution in [0.3, 0.4) is 0 Å². The average Bonchev–Trinajstić information content (AvgIpc) is 3.08. The fourth-order valence-electron chi connectivity index (χ4n) is 2.74. The standard InChI is InChI=1S/C21H23N3O3/c1-2-6-20(25)27-16-12-10-15(11-13-16)21(26)22-14-5-9-19-23-17-7-3-4-8-18(17)24-19/h3-4,7-8,10-13H,2,5-6,9,14H2,1H3,(H,22,26)(H,23,24). The number of ether oxygens (including phenoxy) is 1. The summed E-state index contributed by atoms with van der Waals surface area (Å²) in [5.74, 6) is 0.963. The highest BCUT2D eigenvalue weighted by Gasteiger charge is 2.08. The number of imidazole rings is 1. The molecule has 140 valence electrons. The number of aromatic nitrogens is 2. The monoisotopic (exact) mass is 365 g/mol. The van der Waals surface area contributed by atoms with Gasteiger partial charge in [-0.05, 0) is 49.2 Å². The van der Waals surface area contributed by atoms with E-state index in [1.165, 1.54) is 0 Å². The van der Waals surface area contributed by atoms with Crippen molar-refractivity contribution in [3.05, 3.63) is 59.9 Å². The Bertz CT molecular complexity index is 883. The Morgan fingerprint density at radius 1 is 1.11 bits per heavy atom. The van der Waals surface area contributed by atoms with Crippen LogP contribution in [0, 0.1) is 0 Å². The van der Waals surface area contributed by atoms with Gasteiger partial charge in [-0.2, -0.15) is 0 Å². The minimum absolute atomic E-state index is 0.147. The topological polar surface area (TPSA) is 84.1 Å². The van der Waals surface area contributed by atoms with E-state index in [4.69, 9.17) is 4.74 Å². The molecule has 1 heterocycles. The summed E-state index contributed by atoms with van der Waals surface area (Å²) in [6.45, 7) is 2.48. The molecule has 1 amide bonds. The van der Waals surface area contributed by atoms with Gasteiger partial charge in [-0.25, -0.2) is 4.98 Å². The number of benzene rings is 2. The number of carbonyl (C=O) groups is 2. The number of hydrogen-bond donors (Lipinski definition) is 2. The molecule has 0 radical (unpaired) electrons. The lowest BCUT2D eigenvalue weighted by Crippen LogP contribution is -2.24. The van der Waals surface area contributed by atoms with Gasteiger partial charge in [0.15, 0.2) is 0 Å². The maximum absolute atomic E-state index is 12.2. The molecule has 6 heteroatoms. The summed E-state index contributed by atoms with van der Waals surface area (Å²) in [4.78, 5) is 31.5. The fourth-order valence-corrected chi connectivity index (χ4v) is 2.74. The highest BCUT2D eigenvalue weighted by molar-refractivity contribution is 5.94. The van der Waals surface area contributed by atoms with Gasteiger partial charge >= 0.3 is 5.97 Å². The Labute approximate surface area is 158 Å². The zero-order valence-corrected chi connectivity index (χ0v) is 15.3. The number of esters is 1.